The molecule has 0 aliphatic heterocycles. The molecule has 2 aromatic heterocycles. The summed E-state index contributed by atoms with van der Waals surface area (Å²) in [7, 11) is 0. The molecule has 0 aliphatic carbocycles. The van der Waals surface area contributed by atoms with E-state index in [4.69, 9.17) is 11.6 Å². The van der Waals surface area contributed by atoms with Crippen molar-refractivity contribution in [3.8, 4) is 5.69 Å². The van der Waals surface area contributed by atoms with Gasteiger partial charge in [0.25, 0.3) is 5.91 Å². The van der Waals surface area contributed by atoms with Crippen LogP contribution in [0.15, 0.2) is 40.6 Å². The van der Waals surface area contributed by atoms with E-state index < -0.39 is 0 Å². The number of hydrogen-bond acceptors (Lipinski definition) is 5. The van der Waals surface area contributed by atoms with E-state index in [0.29, 0.717) is 10.2 Å². The third kappa shape index (κ3) is 5.29. The van der Waals surface area contributed by atoms with Crippen molar-refractivity contribution in [2.75, 3.05) is 5.75 Å². The molecule has 0 saturated heterocycles. The molecule has 0 radical (unpaired) electrons. The lowest BCUT2D eigenvalue weighted by atomic mass is 10.2. The van der Waals surface area contributed by atoms with Crippen LogP contribution >= 0.6 is 23.4 Å². The molecule has 3 rings (SSSR count). The van der Waals surface area contributed by atoms with Gasteiger partial charge in [-0.2, -0.15) is 5.10 Å². The van der Waals surface area contributed by atoms with E-state index in [1.54, 1.807) is 6.21 Å². The molecule has 0 bridgehead atoms. The van der Waals surface area contributed by atoms with Crippen LogP contribution in [0.2, 0.25) is 5.02 Å². The molecule has 3 aromatic rings. The molecule has 8 heteroatoms. The predicted octanol–water partition coefficient (Wildman–Crippen LogP) is 4.71. The average molecular weight is 442 g/mol. The number of aryl methyl sites for hydroxylation is 4. The summed E-state index contributed by atoms with van der Waals surface area (Å²) < 4.78 is 2.14. The molecule has 0 aliphatic rings. The van der Waals surface area contributed by atoms with E-state index in [-0.39, 0.29) is 11.7 Å². The highest BCUT2D eigenvalue weighted by Crippen LogP contribution is 2.25. The number of thioether (sulfide) groups is 1. The molecule has 156 valence electrons. The molecule has 0 unspecified atom stereocenters. The molecule has 1 amide bonds. The quantitative estimate of drug-likeness (QED) is 0.260. The number of rotatable bonds is 6. The molecule has 0 saturated carbocycles. The fourth-order valence-electron chi connectivity index (χ4n) is 3.21. The van der Waals surface area contributed by atoms with E-state index in [1.807, 2.05) is 58.0 Å². The number of carbonyl (C=O) groups excluding carboxylic acids is 1. The first kappa shape index (κ1) is 22.1. The standard InChI is InChI=1S/C22H24ClN5OS/c1-13-6-7-19(23)10-20(13)28-16(4)9-18(17(28)5)11-24-27-21(29)12-30-22-25-14(2)8-15(3)26-22/h6-11H,12H2,1-5H3,(H,27,29)/b24-11-. The molecule has 6 nitrogen and oxygen atoms in total. The summed E-state index contributed by atoms with van der Waals surface area (Å²) >= 11 is 7.48. The van der Waals surface area contributed by atoms with Gasteiger partial charge < -0.3 is 4.57 Å². The van der Waals surface area contributed by atoms with Gasteiger partial charge >= 0.3 is 0 Å². The Hall–Kier alpha value is -2.64. The van der Waals surface area contributed by atoms with E-state index in [0.717, 1.165) is 39.6 Å². The maximum Gasteiger partial charge on any atom is 0.250 e. The van der Waals surface area contributed by atoms with Crippen LogP contribution in [0.5, 0.6) is 0 Å². The van der Waals surface area contributed by atoms with Gasteiger partial charge in [0.15, 0.2) is 5.16 Å². The van der Waals surface area contributed by atoms with Gasteiger partial charge in [0.05, 0.1) is 12.0 Å². The summed E-state index contributed by atoms with van der Waals surface area (Å²) in [6.45, 7) is 9.91. The fourth-order valence-corrected chi connectivity index (χ4v) is 4.11. The van der Waals surface area contributed by atoms with Gasteiger partial charge in [-0.3, -0.25) is 4.79 Å². The van der Waals surface area contributed by atoms with Crippen molar-refractivity contribution in [2.24, 2.45) is 5.10 Å². The van der Waals surface area contributed by atoms with Crippen molar-refractivity contribution in [1.82, 2.24) is 20.0 Å². The van der Waals surface area contributed by atoms with Crippen molar-refractivity contribution in [2.45, 2.75) is 39.8 Å². The van der Waals surface area contributed by atoms with Crippen molar-refractivity contribution < 1.29 is 4.79 Å². The number of hydrazone groups is 1. The van der Waals surface area contributed by atoms with Gasteiger partial charge in [-0.15, -0.1) is 0 Å². The number of benzene rings is 1. The zero-order valence-electron chi connectivity index (χ0n) is 17.7. The van der Waals surface area contributed by atoms with Crippen molar-refractivity contribution in [1.29, 1.82) is 0 Å². The van der Waals surface area contributed by atoms with E-state index >= 15 is 0 Å². The third-order valence-electron chi connectivity index (χ3n) is 4.57. The summed E-state index contributed by atoms with van der Waals surface area (Å²) in [5.74, 6) is -0.0143. The zero-order valence-corrected chi connectivity index (χ0v) is 19.2. The molecule has 30 heavy (non-hydrogen) atoms. The van der Waals surface area contributed by atoms with E-state index in [1.165, 1.54) is 11.8 Å². The van der Waals surface area contributed by atoms with Gasteiger partial charge in [-0.1, -0.05) is 29.4 Å². The fraction of sp³-hybridized carbons (Fsp3) is 0.273. The van der Waals surface area contributed by atoms with Crippen LogP contribution in [0.1, 0.15) is 33.9 Å². The number of aromatic nitrogens is 3. The highest BCUT2D eigenvalue weighted by Gasteiger charge is 2.12. The summed E-state index contributed by atoms with van der Waals surface area (Å²) in [6.07, 6.45) is 1.66. The minimum Gasteiger partial charge on any atom is -0.318 e. The summed E-state index contributed by atoms with van der Waals surface area (Å²) in [6, 6.07) is 9.76. The topological polar surface area (TPSA) is 72.2 Å². The van der Waals surface area contributed by atoms with Crippen LogP contribution < -0.4 is 5.43 Å². The number of hydrogen-bond donors (Lipinski definition) is 1. The lowest BCUT2D eigenvalue weighted by Crippen LogP contribution is -2.19. The summed E-state index contributed by atoms with van der Waals surface area (Å²) in [5.41, 5.74) is 9.51. The van der Waals surface area contributed by atoms with Crippen molar-refractivity contribution >= 4 is 35.5 Å². The number of amides is 1. The SMILES string of the molecule is Cc1cc(C)nc(SCC(=O)N/N=C\c2cc(C)n(-c3cc(Cl)ccc3C)c2C)n1. The first-order valence-electron chi connectivity index (χ1n) is 9.47. The van der Waals surface area contributed by atoms with E-state index in [9.17, 15) is 4.79 Å². The molecule has 0 spiro atoms. The van der Waals surface area contributed by atoms with Gasteiger partial charge in [-0.05, 0) is 64.4 Å². The Kier molecular flexibility index (Phi) is 6.95. The zero-order chi connectivity index (χ0) is 21.8. The lowest BCUT2D eigenvalue weighted by Gasteiger charge is -2.13. The monoisotopic (exact) mass is 441 g/mol. The molecule has 0 fully saturated rings. The first-order valence-corrected chi connectivity index (χ1v) is 10.8. The van der Waals surface area contributed by atoms with Crippen LogP contribution in [-0.4, -0.2) is 32.4 Å². The highest BCUT2D eigenvalue weighted by atomic mass is 35.5. The van der Waals surface area contributed by atoms with Crippen LogP contribution in [0.4, 0.5) is 0 Å². The Labute approximate surface area is 185 Å². The molecule has 0 atom stereocenters. The maximum absolute atomic E-state index is 12.1. The average Bonchev–Trinajstić information content (AvgIpc) is 2.95. The van der Waals surface area contributed by atoms with Crippen LogP contribution in [0.3, 0.4) is 0 Å². The minimum atomic E-state index is -0.210. The second-order valence-electron chi connectivity index (χ2n) is 7.11. The predicted molar refractivity (Wildman–Crippen MR) is 123 cm³/mol. The summed E-state index contributed by atoms with van der Waals surface area (Å²) in [4.78, 5) is 20.8. The third-order valence-corrected chi connectivity index (χ3v) is 5.65. The largest absolute Gasteiger partial charge is 0.318 e. The Morgan fingerprint density at radius 3 is 2.53 bits per heavy atom. The Morgan fingerprint density at radius 1 is 1.13 bits per heavy atom. The molecule has 1 N–H and O–H groups in total. The Bertz CT molecular complexity index is 1100. The van der Waals surface area contributed by atoms with Crippen LogP contribution in [-0.2, 0) is 4.79 Å². The number of halogens is 1. The van der Waals surface area contributed by atoms with Gasteiger partial charge in [-0.25, -0.2) is 15.4 Å². The normalized spacial score (nSPS) is 11.3. The molecular formula is C22H24ClN5OS. The molecular weight excluding hydrogens is 418 g/mol. The minimum absolute atomic E-state index is 0.195. The van der Waals surface area contributed by atoms with Crippen LogP contribution in [0, 0.1) is 34.6 Å². The van der Waals surface area contributed by atoms with Gasteiger partial charge in [0, 0.05) is 39.0 Å². The van der Waals surface area contributed by atoms with Gasteiger partial charge in [0.2, 0.25) is 0 Å². The first-order chi connectivity index (χ1) is 14.2. The number of nitrogens with one attached hydrogen (secondary N) is 1. The number of carbonyl (C=O) groups is 1. The second kappa shape index (κ2) is 9.45. The van der Waals surface area contributed by atoms with Crippen molar-refractivity contribution in [3.05, 3.63) is 69.3 Å². The smallest absolute Gasteiger partial charge is 0.250 e. The van der Waals surface area contributed by atoms with Crippen LogP contribution in [0.25, 0.3) is 5.69 Å². The molecule has 2 heterocycles. The summed E-state index contributed by atoms with van der Waals surface area (Å²) in [5, 5.41) is 5.40. The number of nitrogens with zero attached hydrogens (tertiary/aromatic N) is 4. The molecule has 1 aromatic carbocycles. The highest BCUT2D eigenvalue weighted by molar-refractivity contribution is 7.99. The second-order valence-corrected chi connectivity index (χ2v) is 8.49. The van der Waals surface area contributed by atoms with Gasteiger partial charge in [0.1, 0.15) is 0 Å². The Morgan fingerprint density at radius 2 is 1.83 bits per heavy atom. The maximum atomic E-state index is 12.1. The Balaban J connectivity index is 1.66. The van der Waals surface area contributed by atoms with E-state index in [2.05, 4.69) is 32.0 Å². The van der Waals surface area contributed by atoms with Crippen molar-refractivity contribution in [3.63, 3.8) is 0 Å². The lowest BCUT2D eigenvalue weighted by molar-refractivity contribution is -0.118.